The Bertz CT molecular complexity index is 996. The highest BCUT2D eigenvalue weighted by atomic mass is 16.6. The molecular weight excluding hydrogens is 436 g/mol. The van der Waals surface area contributed by atoms with Crippen LogP contribution in [0.3, 0.4) is 0 Å². The van der Waals surface area contributed by atoms with Gasteiger partial charge in [-0.2, -0.15) is 0 Å². The van der Waals surface area contributed by atoms with Crippen LogP contribution in [0.25, 0.3) is 0 Å². The van der Waals surface area contributed by atoms with Crippen molar-refractivity contribution in [3.05, 3.63) is 71.3 Å². The average Bonchev–Trinajstić information content (AvgIpc) is 2.77. The molecule has 2 aromatic carbocycles. The van der Waals surface area contributed by atoms with Crippen molar-refractivity contribution in [2.24, 2.45) is 0 Å². The van der Waals surface area contributed by atoms with E-state index in [4.69, 9.17) is 9.47 Å². The molecule has 8 heteroatoms. The molecule has 0 saturated carbocycles. The molecule has 0 saturated heterocycles. The highest BCUT2D eigenvalue weighted by Crippen LogP contribution is 2.14. The van der Waals surface area contributed by atoms with E-state index in [0.29, 0.717) is 11.1 Å². The lowest BCUT2D eigenvalue weighted by atomic mass is 10.0. The molecule has 0 spiro atoms. The predicted molar refractivity (Wildman–Crippen MR) is 127 cm³/mol. The van der Waals surface area contributed by atoms with E-state index in [1.54, 1.807) is 45.0 Å². The molecular formula is C26H32N2O6. The fourth-order valence-corrected chi connectivity index (χ4v) is 3.26. The summed E-state index contributed by atoms with van der Waals surface area (Å²) in [6.45, 7) is 6.69. The number of hydrogen-bond donors (Lipinski definition) is 2. The number of ether oxygens (including phenoxy) is 2. The zero-order valence-electron chi connectivity index (χ0n) is 20.2. The maximum atomic E-state index is 13.0. The van der Waals surface area contributed by atoms with Crippen LogP contribution in [0.5, 0.6) is 0 Å². The number of esters is 2. The quantitative estimate of drug-likeness (QED) is 0.548. The molecule has 34 heavy (non-hydrogen) atoms. The smallest absolute Gasteiger partial charge is 0.338 e. The summed E-state index contributed by atoms with van der Waals surface area (Å²) in [6, 6.07) is 14.0. The van der Waals surface area contributed by atoms with Crippen molar-refractivity contribution in [2.45, 2.75) is 58.2 Å². The van der Waals surface area contributed by atoms with Gasteiger partial charge in [0.1, 0.15) is 17.7 Å². The Kier molecular flexibility index (Phi) is 9.36. The van der Waals surface area contributed by atoms with Gasteiger partial charge in [0.15, 0.2) is 0 Å². The highest BCUT2D eigenvalue weighted by molar-refractivity contribution is 5.91. The highest BCUT2D eigenvalue weighted by Gasteiger charge is 2.27. The van der Waals surface area contributed by atoms with Crippen molar-refractivity contribution in [1.29, 1.82) is 0 Å². The summed E-state index contributed by atoms with van der Waals surface area (Å²) >= 11 is 0. The molecule has 0 radical (unpaired) electrons. The number of nitrogens with one attached hydrogen (secondary N) is 2. The van der Waals surface area contributed by atoms with E-state index in [1.807, 2.05) is 30.3 Å². The lowest BCUT2D eigenvalue weighted by Crippen LogP contribution is -2.53. The lowest BCUT2D eigenvalue weighted by molar-refractivity contribution is -0.145. The maximum Gasteiger partial charge on any atom is 0.338 e. The SMILES string of the molecule is COC(=O)[C@H](Cc1ccc(C(=O)OC(C)(C)C)cc1)NC(=O)[C@H](Cc1ccccc1)NC(C)=O. The summed E-state index contributed by atoms with van der Waals surface area (Å²) in [7, 11) is 1.24. The van der Waals surface area contributed by atoms with Crippen molar-refractivity contribution in [2.75, 3.05) is 7.11 Å². The number of methoxy groups -OCH3 is 1. The maximum absolute atomic E-state index is 13.0. The first-order valence-electron chi connectivity index (χ1n) is 11.0. The van der Waals surface area contributed by atoms with Crippen molar-refractivity contribution < 1.29 is 28.7 Å². The lowest BCUT2D eigenvalue weighted by Gasteiger charge is -2.22. The van der Waals surface area contributed by atoms with Crippen LogP contribution in [0.4, 0.5) is 0 Å². The van der Waals surface area contributed by atoms with E-state index in [1.165, 1.54) is 14.0 Å². The van der Waals surface area contributed by atoms with Crippen LogP contribution in [0.15, 0.2) is 54.6 Å². The molecule has 0 unspecified atom stereocenters. The van der Waals surface area contributed by atoms with Gasteiger partial charge in [0, 0.05) is 19.8 Å². The number of hydrogen-bond acceptors (Lipinski definition) is 6. The second-order valence-electron chi connectivity index (χ2n) is 8.93. The first-order chi connectivity index (χ1) is 16.0. The van der Waals surface area contributed by atoms with Gasteiger partial charge in [-0.1, -0.05) is 42.5 Å². The second-order valence-corrected chi connectivity index (χ2v) is 8.93. The minimum absolute atomic E-state index is 0.144. The van der Waals surface area contributed by atoms with Gasteiger partial charge in [-0.3, -0.25) is 9.59 Å². The third kappa shape index (κ3) is 8.69. The Morgan fingerprint density at radius 1 is 0.824 bits per heavy atom. The fourth-order valence-electron chi connectivity index (χ4n) is 3.26. The third-order valence-electron chi connectivity index (χ3n) is 4.81. The van der Waals surface area contributed by atoms with Gasteiger partial charge in [0.05, 0.1) is 12.7 Å². The molecule has 2 atom stereocenters. The normalized spacial score (nSPS) is 12.7. The molecule has 2 N–H and O–H groups in total. The second kappa shape index (κ2) is 12.0. The van der Waals surface area contributed by atoms with Crippen molar-refractivity contribution in [3.8, 4) is 0 Å². The van der Waals surface area contributed by atoms with Crippen LogP contribution in [0.1, 0.15) is 49.2 Å². The number of carbonyl (C=O) groups excluding carboxylic acids is 4. The molecule has 182 valence electrons. The van der Waals surface area contributed by atoms with Gasteiger partial charge < -0.3 is 20.1 Å². The zero-order valence-corrected chi connectivity index (χ0v) is 20.2. The summed E-state index contributed by atoms with van der Waals surface area (Å²) in [5, 5.41) is 5.33. The van der Waals surface area contributed by atoms with Gasteiger partial charge in [-0.05, 0) is 44.0 Å². The molecule has 0 aliphatic rings. The zero-order chi connectivity index (χ0) is 25.3. The van der Waals surface area contributed by atoms with Gasteiger partial charge in [0.25, 0.3) is 0 Å². The number of amides is 2. The molecule has 0 aliphatic heterocycles. The van der Waals surface area contributed by atoms with Crippen molar-refractivity contribution in [1.82, 2.24) is 10.6 Å². The summed E-state index contributed by atoms with van der Waals surface area (Å²) < 4.78 is 10.2. The molecule has 0 aromatic heterocycles. The Labute approximate surface area is 200 Å². The summed E-state index contributed by atoms with van der Waals surface area (Å²) in [5.41, 5.74) is 1.34. The molecule has 0 bridgehead atoms. The van der Waals surface area contributed by atoms with Crippen molar-refractivity contribution in [3.63, 3.8) is 0 Å². The Morgan fingerprint density at radius 3 is 1.91 bits per heavy atom. The van der Waals surface area contributed by atoms with E-state index < -0.39 is 35.5 Å². The van der Waals surface area contributed by atoms with Crippen LogP contribution in [-0.2, 0) is 36.7 Å². The molecule has 2 amide bonds. The van der Waals surface area contributed by atoms with Crippen LogP contribution < -0.4 is 10.6 Å². The standard InChI is InChI=1S/C26H32N2O6/c1-17(29)27-21(15-18-9-7-6-8-10-18)23(30)28-22(25(32)33-5)16-19-11-13-20(14-12-19)24(31)34-26(2,3)4/h6-14,21-22H,15-16H2,1-5H3,(H,27,29)(H,28,30)/t21-,22-/m0/s1. The summed E-state index contributed by atoms with van der Waals surface area (Å²) in [6.07, 6.45) is 0.413. The third-order valence-corrected chi connectivity index (χ3v) is 4.81. The summed E-state index contributed by atoms with van der Waals surface area (Å²) in [5.74, 6) is -1.93. The van der Waals surface area contributed by atoms with Gasteiger partial charge in [-0.25, -0.2) is 9.59 Å². The van der Waals surface area contributed by atoms with Crippen LogP contribution in [0, 0.1) is 0 Å². The monoisotopic (exact) mass is 468 g/mol. The van der Waals surface area contributed by atoms with Gasteiger partial charge >= 0.3 is 11.9 Å². The van der Waals surface area contributed by atoms with Crippen LogP contribution >= 0.6 is 0 Å². The first-order valence-corrected chi connectivity index (χ1v) is 11.0. The minimum Gasteiger partial charge on any atom is -0.467 e. The fraction of sp³-hybridized carbons (Fsp3) is 0.385. The van der Waals surface area contributed by atoms with E-state index >= 15 is 0 Å². The number of rotatable bonds is 9. The number of carbonyl (C=O) groups is 4. The van der Waals surface area contributed by atoms with E-state index in [9.17, 15) is 19.2 Å². The van der Waals surface area contributed by atoms with Gasteiger partial charge in [-0.15, -0.1) is 0 Å². The Hall–Kier alpha value is -3.68. The molecule has 8 nitrogen and oxygen atoms in total. The largest absolute Gasteiger partial charge is 0.467 e. The topological polar surface area (TPSA) is 111 Å². The molecule has 2 aromatic rings. The van der Waals surface area contributed by atoms with Crippen molar-refractivity contribution >= 4 is 23.8 Å². The van der Waals surface area contributed by atoms with E-state index in [-0.39, 0.29) is 18.7 Å². The van der Waals surface area contributed by atoms with E-state index in [0.717, 1.165) is 5.56 Å². The van der Waals surface area contributed by atoms with Gasteiger partial charge in [0.2, 0.25) is 11.8 Å². The summed E-state index contributed by atoms with van der Waals surface area (Å²) in [4.78, 5) is 49.3. The Morgan fingerprint density at radius 2 is 1.38 bits per heavy atom. The van der Waals surface area contributed by atoms with E-state index in [2.05, 4.69) is 10.6 Å². The molecule has 0 heterocycles. The minimum atomic E-state index is -0.975. The molecule has 0 aliphatic carbocycles. The average molecular weight is 469 g/mol. The van der Waals surface area contributed by atoms with Crippen LogP contribution in [0.2, 0.25) is 0 Å². The first kappa shape index (κ1) is 26.6. The Balaban J connectivity index is 2.13. The van der Waals surface area contributed by atoms with Crippen LogP contribution in [-0.4, -0.2) is 48.5 Å². The molecule has 0 fully saturated rings. The predicted octanol–water partition coefficient (Wildman–Crippen LogP) is 2.59. The molecule has 2 rings (SSSR count). The number of benzene rings is 2.